The lowest BCUT2D eigenvalue weighted by atomic mass is 10.9. The summed E-state index contributed by atoms with van der Waals surface area (Å²) < 4.78 is 0. The average Bonchev–Trinajstić information content (AvgIpc) is 1.83. The first-order valence-corrected chi connectivity index (χ1v) is 4.73. The van der Waals surface area contributed by atoms with Crippen LogP contribution in [-0.2, 0) is 0 Å². The first-order chi connectivity index (χ1) is 3.85. The highest BCUT2D eigenvalue weighted by Crippen LogP contribution is 2.34. The molecule has 0 unspecified atom stereocenters. The second-order valence-electron chi connectivity index (χ2n) is 1.55. The van der Waals surface area contributed by atoms with Crippen molar-refractivity contribution in [1.82, 2.24) is 0 Å². The second-order valence-corrected chi connectivity index (χ2v) is 4.26. The van der Waals surface area contributed by atoms with E-state index >= 15 is 0 Å². The Morgan fingerprint density at radius 3 is 2.12 bits per heavy atom. The summed E-state index contributed by atoms with van der Waals surface area (Å²) in [6, 6.07) is 0. The van der Waals surface area contributed by atoms with Gasteiger partial charge in [-0.15, -0.1) is 5.73 Å². The first-order valence-electron chi connectivity index (χ1n) is 2.95. The topological polar surface area (TPSA) is 0 Å². The van der Waals surface area contributed by atoms with E-state index in [4.69, 9.17) is 0 Å². The Morgan fingerprint density at radius 1 is 1.50 bits per heavy atom. The fourth-order valence-corrected chi connectivity index (χ4v) is 1.61. The Morgan fingerprint density at radius 2 is 2.00 bits per heavy atom. The zero-order chi connectivity index (χ0) is 6.41. The maximum Gasteiger partial charge on any atom is -0.0190 e. The molecule has 0 aromatic rings. The summed E-state index contributed by atoms with van der Waals surface area (Å²) in [4.78, 5) is 0. The van der Waals surface area contributed by atoms with E-state index in [-0.39, 0.29) is 7.92 Å². The van der Waals surface area contributed by atoms with Crippen LogP contribution in [0.15, 0.2) is 18.1 Å². The van der Waals surface area contributed by atoms with E-state index in [9.17, 15) is 0 Å². The van der Waals surface area contributed by atoms with Crippen molar-refractivity contribution in [2.75, 3.05) is 12.3 Å². The molecule has 1 heteroatoms. The SMILES string of the molecule is C=C=CP(CC)CC. The molecule has 0 spiro atoms. The van der Waals surface area contributed by atoms with Gasteiger partial charge in [0.2, 0.25) is 0 Å². The predicted molar refractivity (Wildman–Crippen MR) is 41.7 cm³/mol. The van der Waals surface area contributed by atoms with Crippen molar-refractivity contribution in [2.24, 2.45) is 0 Å². The highest BCUT2D eigenvalue weighted by atomic mass is 31.1. The van der Waals surface area contributed by atoms with E-state index in [2.05, 4.69) is 32.0 Å². The molecule has 0 amide bonds. The average molecular weight is 128 g/mol. The number of rotatable bonds is 3. The Kier molecular flexibility index (Phi) is 5.06. The quantitative estimate of drug-likeness (QED) is 0.405. The molecule has 0 aromatic carbocycles. The maximum atomic E-state index is 3.53. The second kappa shape index (κ2) is 5.09. The molecule has 0 saturated heterocycles. The van der Waals surface area contributed by atoms with Crippen LogP contribution in [0, 0.1) is 0 Å². The first kappa shape index (κ1) is 7.95. The maximum absolute atomic E-state index is 3.53. The van der Waals surface area contributed by atoms with Gasteiger partial charge in [-0.2, -0.15) is 0 Å². The van der Waals surface area contributed by atoms with Gasteiger partial charge in [0.25, 0.3) is 0 Å². The van der Waals surface area contributed by atoms with Crippen molar-refractivity contribution in [3.8, 4) is 0 Å². The van der Waals surface area contributed by atoms with Gasteiger partial charge in [0.05, 0.1) is 0 Å². The van der Waals surface area contributed by atoms with E-state index in [1.165, 1.54) is 12.3 Å². The molecule has 0 heterocycles. The molecule has 0 aliphatic rings. The molecule has 46 valence electrons. The van der Waals surface area contributed by atoms with Crippen molar-refractivity contribution in [3.05, 3.63) is 18.1 Å². The van der Waals surface area contributed by atoms with E-state index in [0.717, 1.165) is 0 Å². The van der Waals surface area contributed by atoms with Crippen LogP contribution in [0.5, 0.6) is 0 Å². The largest absolute Gasteiger partial charge is 0.128 e. The lowest BCUT2D eigenvalue weighted by molar-refractivity contribution is 1.42. The van der Waals surface area contributed by atoms with Crippen LogP contribution >= 0.6 is 7.92 Å². The molecule has 0 saturated carbocycles. The van der Waals surface area contributed by atoms with Crippen LogP contribution in [0.3, 0.4) is 0 Å². The Balaban J connectivity index is 3.52. The van der Waals surface area contributed by atoms with Crippen LogP contribution in [0.25, 0.3) is 0 Å². The van der Waals surface area contributed by atoms with Crippen LogP contribution in [0.2, 0.25) is 0 Å². The van der Waals surface area contributed by atoms with Gasteiger partial charge >= 0.3 is 0 Å². The summed E-state index contributed by atoms with van der Waals surface area (Å²) in [6.45, 7) is 7.95. The molecule has 0 fully saturated rings. The molecular formula is C7H13P. The van der Waals surface area contributed by atoms with Gasteiger partial charge in [-0.3, -0.25) is 0 Å². The third kappa shape index (κ3) is 3.02. The monoisotopic (exact) mass is 128 g/mol. The third-order valence-corrected chi connectivity index (χ3v) is 3.26. The van der Waals surface area contributed by atoms with Crippen LogP contribution in [-0.4, -0.2) is 12.3 Å². The molecule has 0 aliphatic carbocycles. The number of hydrogen-bond donors (Lipinski definition) is 0. The fourth-order valence-electron chi connectivity index (χ4n) is 0.535. The van der Waals surface area contributed by atoms with Crippen LogP contribution in [0.4, 0.5) is 0 Å². The molecule has 0 radical (unpaired) electrons. The van der Waals surface area contributed by atoms with Crippen molar-refractivity contribution >= 4 is 7.92 Å². The van der Waals surface area contributed by atoms with E-state index in [0.29, 0.717) is 0 Å². The van der Waals surface area contributed by atoms with Crippen LogP contribution < -0.4 is 0 Å². The van der Waals surface area contributed by atoms with Gasteiger partial charge in [0, 0.05) is 0 Å². The summed E-state index contributed by atoms with van der Waals surface area (Å²) in [6.07, 6.45) is 2.54. The van der Waals surface area contributed by atoms with Gasteiger partial charge in [0.1, 0.15) is 0 Å². The summed E-state index contributed by atoms with van der Waals surface area (Å²) >= 11 is 0. The highest BCUT2D eigenvalue weighted by Gasteiger charge is 1.92. The predicted octanol–water partition coefficient (Wildman–Crippen LogP) is 2.81. The molecule has 0 rings (SSSR count). The van der Waals surface area contributed by atoms with Crippen molar-refractivity contribution in [2.45, 2.75) is 13.8 Å². The standard InChI is InChI=1S/C7H13P/c1-4-7-8(5-2)6-3/h7H,1,5-6H2,2-3H3. The molecular weight excluding hydrogens is 115 g/mol. The minimum absolute atomic E-state index is 0.145. The van der Waals surface area contributed by atoms with E-state index in [1.807, 2.05) is 0 Å². The Hall–Kier alpha value is -0.0500. The Labute approximate surface area is 53.0 Å². The molecule has 0 N–H and O–H groups in total. The van der Waals surface area contributed by atoms with Gasteiger partial charge in [0.15, 0.2) is 0 Å². The summed E-state index contributed by atoms with van der Waals surface area (Å²) in [5.41, 5.74) is 2.82. The summed E-state index contributed by atoms with van der Waals surface area (Å²) in [5, 5.41) is 0. The smallest absolute Gasteiger partial charge is 0.0190 e. The van der Waals surface area contributed by atoms with E-state index in [1.54, 1.807) is 0 Å². The Bertz CT molecular complexity index is 86.6. The molecule has 0 bridgehead atoms. The van der Waals surface area contributed by atoms with Gasteiger partial charge < -0.3 is 0 Å². The third-order valence-electron chi connectivity index (χ3n) is 1.09. The minimum atomic E-state index is 0.145. The molecule has 0 atom stereocenters. The zero-order valence-electron chi connectivity index (χ0n) is 5.65. The molecule has 0 nitrogen and oxygen atoms in total. The van der Waals surface area contributed by atoms with Crippen molar-refractivity contribution in [3.63, 3.8) is 0 Å². The van der Waals surface area contributed by atoms with Crippen molar-refractivity contribution in [1.29, 1.82) is 0 Å². The lowest BCUT2D eigenvalue weighted by Gasteiger charge is -2.02. The molecule has 8 heavy (non-hydrogen) atoms. The van der Waals surface area contributed by atoms with Gasteiger partial charge in [-0.25, -0.2) is 0 Å². The minimum Gasteiger partial charge on any atom is -0.128 e. The molecule has 0 aliphatic heterocycles. The summed E-state index contributed by atoms with van der Waals surface area (Å²) in [5.74, 6) is 2.11. The normalized spacial score (nSPS) is 8.88. The lowest BCUT2D eigenvalue weighted by Crippen LogP contribution is -1.74. The number of hydrogen-bond acceptors (Lipinski definition) is 0. The van der Waals surface area contributed by atoms with Crippen molar-refractivity contribution < 1.29 is 0 Å². The van der Waals surface area contributed by atoms with E-state index < -0.39 is 0 Å². The fraction of sp³-hybridized carbons (Fsp3) is 0.571. The summed E-state index contributed by atoms with van der Waals surface area (Å²) in [7, 11) is 0.145. The van der Waals surface area contributed by atoms with Gasteiger partial charge in [-0.05, 0) is 18.1 Å². The van der Waals surface area contributed by atoms with Crippen LogP contribution in [0.1, 0.15) is 13.8 Å². The zero-order valence-corrected chi connectivity index (χ0v) is 6.54. The highest BCUT2D eigenvalue weighted by molar-refractivity contribution is 7.60. The van der Waals surface area contributed by atoms with Gasteiger partial charge in [-0.1, -0.05) is 28.3 Å². The molecule has 0 aromatic heterocycles.